The molecule has 0 aliphatic carbocycles. The second kappa shape index (κ2) is 9.11. The van der Waals surface area contributed by atoms with Crippen molar-refractivity contribution in [2.24, 2.45) is 0 Å². The second-order valence-electron chi connectivity index (χ2n) is 5.92. The number of ether oxygens (including phenoxy) is 2. The van der Waals surface area contributed by atoms with Gasteiger partial charge in [0.2, 0.25) is 0 Å². The third-order valence-electron chi connectivity index (χ3n) is 4.02. The van der Waals surface area contributed by atoms with Crippen LogP contribution < -0.4 is 9.47 Å². The van der Waals surface area contributed by atoms with Gasteiger partial charge in [0, 0.05) is 0 Å². The molecule has 0 aliphatic heterocycles. The minimum absolute atomic E-state index is 0.0137. The summed E-state index contributed by atoms with van der Waals surface area (Å²) in [6, 6.07) is 11.7. The highest BCUT2D eigenvalue weighted by Gasteiger charge is 2.14. The topological polar surface area (TPSA) is 79.5 Å². The summed E-state index contributed by atoms with van der Waals surface area (Å²) in [4.78, 5) is 11.0. The highest BCUT2D eigenvalue weighted by atomic mass is 35.5. The third-order valence-corrected chi connectivity index (χ3v) is 4.30. The average Bonchev–Trinajstić information content (AvgIpc) is 2.67. The fourth-order valence-corrected chi connectivity index (χ4v) is 2.62. The predicted octanol–water partition coefficient (Wildman–Crippen LogP) is 5.29. The molecular weight excluding hydrogens is 366 g/mol. The zero-order valence-electron chi connectivity index (χ0n) is 15.3. The van der Waals surface area contributed by atoms with Crippen LogP contribution in [0.4, 0.5) is 0 Å². The lowest BCUT2D eigenvalue weighted by molar-refractivity contribution is 0.0697. The molecule has 0 fully saturated rings. The van der Waals surface area contributed by atoms with Gasteiger partial charge in [-0.3, -0.25) is 0 Å². The molecule has 1 N–H and O–H groups in total. The molecular formula is C21H20ClNO4. The molecule has 5 nitrogen and oxygen atoms in total. The fourth-order valence-electron chi connectivity index (χ4n) is 2.36. The van der Waals surface area contributed by atoms with Crippen LogP contribution >= 0.6 is 11.6 Å². The van der Waals surface area contributed by atoms with Crippen LogP contribution in [-0.4, -0.2) is 24.3 Å². The molecule has 0 aliphatic rings. The minimum atomic E-state index is -1.02. The first-order valence-corrected chi connectivity index (χ1v) is 8.77. The zero-order valence-corrected chi connectivity index (χ0v) is 16.1. The molecule has 2 aromatic carbocycles. The molecule has 0 unspecified atom stereocenters. The lowest BCUT2D eigenvalue weighted by atomic mass is 10.0. The van der Waals surface area contributed by atoms with Crippen molar-refractivity contribution in [2.45, 2.75) is 26.4 Å². The van der Waals surface area contributed by atoms with E-state index < -0.39 is 5.97 Å². The van der Waals surface area contributed by atoms with Gasteiger partial charge < -0.3 is 14.6 Å². The number of benzene rings is 2. The van der Waals surface area contributed by atoms with Crippen molar-refractivity contribution >= 4 is 29.2 Å². The monoisotopic (exact) mass is 385 g/mol. The molecule has 0 aromatic heterocycles. The van der Waals surface area contributed by atoms with Gasteiger partial charge >= 0.3 is 5.97 Å². The number of carbonyl (C=O) groups is 1. The molecule has 0 amide bonds. The summed E-state index contributed by atoms with van der Waals surface area (Å²) in [6.45, 7) is 3.95. The number of rotatable bonds is 7. The summed E-state index contributed by atoms with van der Waals surface area (Å²) < 4.78 is 11.2. The number of aromatic carboxylic acids is 1. The number of nitrogens with zero attached hydrogens (tertiary/aromatic N) is 1. The Balaban J connectivity index is 2.42. The molecule has 0 saturated carbocycles. The van der Waals surface area contributed by atoms with Crippen LogP contribution in [0.2, 0.25) is 5.02 Å². The highest BCUT2D eigenvalue weighted by molar-refractivity contribution is 6.32. The van der Waals surface area contributed by atoms with Gasteiger partial charge in [-0.15, -0.1) is 0 Å². The van der Waals surface area contributed by atoms with Crippen molar-refractivity contribution in [3.63, 3.8) is 0 Å². The lowest BCUT2D eigenvalue weighted by Crippen LogP contribution is -2.11. The Morgan fingerprint density at radius 3 is 2.44 bits per heavy atom. The summed E-state index contributed by atoms with van der Waals surface area (Å²) in [7, 11) is 1.53. The van der Waals surface area contributed by atoms with E-state index in [1.165, 1.54) is 19.2 Å². The Morgan fingerprint density at radius 2 is 1.93 bits per heavy atom. The van der Waals surface area contributed by atoms with Crippen molar-refractivity contribution in [3.8, 4) is 17.6 Å². The van der Waals surface area contributed by atoms with Crippen LogP contribution in [0.25, 0.3) is 11.6 Å². The SMILES string of the molecule is CC[C@H](C)Oc1c(Cl)cc(/C=C(/C#N)c2ccc(C(=O)O)cc2)cc1OC. The molecule has 27 heavy (non-hydrogen) atoms. The van der Waals surface area contributed by atoms with Crippen molar-refractivity contribution in [2.75, 3.05) is 7.11 Å². The van der Waals surface area contributed by atoms with E-state index in [9.17, 15) is 10.1 Å². The molecule has 1 atom stereocenters. The molecule has 140 valence electrons. The number of carboxylic acid groups (broad SMARTS) is 1. The van der Waals surface area contributed by atoms with Gasteiger partial charge in [-0.25, -0.2) is 4.79 Å². The van der Waals surface area contributed by atoms with E-state index in [0.717, 1.165) is 6.42 Å². The number of hydrogen-bond acceptors (Lipinski definition) is 4. The standard InChI is InChI=1S/C21H20ClNO4/c1-4-13(2)27-20-18(22)10-14(11-19(20)26-3)9-17(12-23)15-5-7-16(8-6-15)21(24)25/h5-11,13H,4H2,1-3H3,(H,24,25)/b17-9-/t13-/m0/s1. The van der Waals surface area contributed by atoms with Gasteiger partial charge in [0.25, 0.3) is 0 Å². The number of hydrogen-bond donors (Lipinski definition) is 1. The Bertz CT molecular complexity index is 898. The predicted molar refractivity (Wildman–Crippen MR) is 105 cm³/mol. The van der Waals surface area contributed by atoms with E-state index in [2.05, 4.69) is 6.07 Å². The molecule has 6 heteroatoms. The molecule has 2 rings (SSSR count). The quantitative estimate of drug-likeness (QED) is 0.517. The van der Waals surface area contributed by atoms with Crippen molar-refractivity contribution in [1.82, 2.24) is 0 Å². The van der Waals surface area contributed by atoms with Gasteiger partial charge in [-0.2, -0.15) is 5.26 Å². The third kappa shape index (κ3) is 5.02. The average molecular weight is 386 g/mol. The molecule has 0 bridgehead atoms. The van der Waals surface area contributed by atoms with Crippen LogP contribution in [-0.2, 0) is 0 Å². The Labute approximate surface area is 163 Å². The summed E-state index contributed by atoms with van der Waals surface area (Å²) in [5, 5.41) is 18.9. The minimum Gasteiger partial charge on any atom is -0.493 e. The number of nitriles is 1. The zero-order chi connectivity index (χ0) is 20.0. The maximum absolute atomic E-state index is 11.0. The summed E-state index contributed by atoms with van der Waals surface area (Å²) in [5.41, 5.74) is 1.82. The van der Waals surface area contributed by atoms with Gasteiger partial charge in [0.1, 0.15) is 0 Å². The van der Waals surface area contributed by atoms with E-state index in [1.807, 2.05) is 13.8 Å². The number of halogens is 1. The highest BCUT2D eigenvalue weighted by Crippen LogP contribution is 2.38. The van der Waals surface area contributed by atoms with Crippen LogP contribution in [0.3, 0.4) is 0 Å². The largest absolute Gasteiger partial charge is 0.493 e. The normalized spacial score (nSPS) is 12.2. The first-order chi connectivity index (χ1) is 12.9. The van der Waals surface area contributed by atoms with E-state index >= 15 is 0 Å². The van der Waals surface area contributed by atoms with Crippen molar-refractivity contribution < 1.29 is 19.4 Å². The number of carboxylic acids is 1. The Kier molecular flexibility index (Phi) is 6.86. The van der Waals surface area contributed by atoms with E-state index in [1.54, 1.807) is 30.3 Å². The first-order valence-electron chi connectivity index (χ1n) is 8.39. The smallest absolute Gasteiger partial charge is 0.335 e. The lowest BCUT2D eigenvalue weighted by Gasteiger charge is -2.17. The van der Waals surface area contributed by atoms with Crippen LogP contribution in [0.5, 0.6) is 11.5 Å². The first kappa shape index (κ1) is 20.3. The van der Waals surface area contributed by atoms with Crippen LogP contribution in [0.1, 0.15) is 41.8 Å². The van der Waals surface area contributed by atoms with Crippen molar-refractivity contribution in [3.05, 3.63) is 58.1 Å². The maximum Gasteiger partial charge on any atom is 0.335 e. The fraction of sp³-hybridized carbons (Fsp3) is 0.238. The van der Waals surface area contributed by atoms with E-state index in [0.29, 0.717) is 33.2 Å². The molecule has 0 radical (unpaired) electrons. The van der Waals surface area contributed by atoms with Gasteiger partial charge in [-0.1, -0.05) is 30.7 Å². The Morgan fingerprint density at radius 1 is 1.30 bits per heavy atom. The molecule has 0 spiro atoms. The molecule has 2 aromatic rings. The number of allylic oxidation sites excluding steroid dienone is 1. The van der Waals surface area contributed by atoms with E-state index in [4.69, 9.17) is 26.2 Å². The Hall–Kier alpha value is -2.97. The summed E-state index contributed by atoms with van der Waals surface area (Å²) in [5.74, 6) is -0.0694. The summed E-state index contributed by atoms with van der Waals surface area (Å²) in [6.07, 6.45) is 2.48. The maximum atomic E-state index is 11.0. The van der Waals surface area contributed by atoms with Crippen LogP contribution in [0, 0.1) is 11.3 Å². The molecule has 0 heterocycles. The van der Waals surface area contributed by atoms with Gasteiger partial charge in [-0.05, 0) is 54.8 Å². The number of methoxy groups -OCH3 is 1. The van der Waals surface area contributed by atoms with Gasteiger partial charge in [0.05, 0.1) is 35.4 Å². The molecule has 0 saturated heterocycles. The second-order valence-corrected chi connectivity index (χ2v) is 6.33. The van der Waals surface area contributed by atoms with Crippen LogP contribution in [0.15, 0.2) is 36.4 Å². The van der Waals surface area contributed by atoms with Gasteiger partial charge in [0.15, 0.2) is 11.5 Å². The van der Waals surface area contributed by atoms with Crippen molar-refractivity contribution in [1.29, 1.82) is 5.26 Å². The van der Waals surface area contributed by atoms with E-state index in [-0.39, 0.29) is 11.7 Å². The summed E-state index contributed by atoms with van der Waals surface area (Å²) >= 11 is 6.36.